The largest absolute Gasteiger partial charge is 0.477 e. The van der Waals surface area contributed by atoms with Crippen LogP contribution in [0.2, 0.25) is 10.0 Å². The van der Waals surface area contributed by atoms with Gasteiger partial charge in [0.25, 0.3) is 10.0 Å². The van der Waals surface area contributed by atoms with Crippen LogP contribution in [-0.2, 0) is 10.0 Å². The van der Waals surface area contributed by atoms with E-state index < -0.39 is 16.0 Å². The quantitative estimate of drug-likeness (QED) is 0.881. The van der Waals surface area contributed by atoms with Crippen LogP contribution in [0.4, 0.5) is 5.69 Å². The number of sulfonamides is 1. The number of nitrogens with one attached hydrogen (secondary N) is 1. The Morgan fingerprint density at radius 1 is 1.20 bits per heavy atom. The van der Waals surface area contributed by atoms with Gasteiger partial charge in [-0.25, -0.2) is 13.2 Å². The van der Waals surface area contributed by atoms with Gasteiger partial charge >= 0.3 is 5.97 Å². The van der Waals surface area contributed by atoms with Crippen molar-refractivity contribution in [1.82, 2.24) is 0 Å². The zero-order valence-electron chi connectivity index (χ0n) is 9.63. The van der Waals surface area contributed by atoms with Crippen molar-refractivity contribution < 1.29 is 18.3 Å². The number of hydrogen-bond donors (Lipinski definition) is 2. The first-order chi connectivity index (χ1) is 9.33. The van der Waals surface area contributed by atoms with Gasteiger partial charge in [0.1, 0.15) is 9.77 Å². The number of anilines is 1. The summed E-state index contributed by atoms with van der Waals surface area (Å²) in [5, 5.41) is 10.3. The summed E-state index contributed by atoms with van der Waals surface area (Å²) in [6, 6.07) is 5.63. The van der Waals surface area contributed by atoms with E-state index in [4.69, 9.17) is 28.3 Å². The summed E-state index contributed by atoms with van der Waals surface area (Å²) in [6.45, 7) is 0. The van der Waals surface area contributed by atoms with Gasteiger partial charge in [-0.2, -0.15) is 0 Å². The van der Waals surface area contributed by atoms with E-state index in [2.05, 4.69) is 4.72 Å². The predicted molar refractivity (Wildman–Crippen MR) is 78.5 cm³/mol. The van der Waals surface area contributed by atoms with Gasteiger partial charge in [0, 0.05) is 0 Å². The van der Waals surface area contributed by atoms with Crippen LogP contribution in [0.25, 0.3) is 0 Å². The molecule has 20 heavy (non-hydrogen) atoms. The van der Waals surface area contributed by atoms with Crippen LogP contribution < -0.4 is 4.72 Å². The number of aromatic carboxylic acids is 1. The van der Waals surface area contributed by atoms with Gasteiger partial charge < -0.3 is 5.11 Å². The van der Waals surface area contributed by atoms with Crippen molar-refractivity contribution >= 4 is 56.2 Å². The fourth-order valence-electron chi connectivity index (χ4n) is 1.49. The second-order valence-corrected chi connectivity index (χ2v) is 6.97. The molecule has 2 aromatic rings. The van der Waals surface area contributed by atoms with E-state index >= 15 is 0 Å². The van der Waals surface area contributed by atoms with Gasteiger partial charge in [0.05, 0.1) is 15.7 Å². The molecule has 0 aliphatic rings. The third-order valence-corrected chi connectivity index (χ3v) is 5.51. The van der Waals surface area contributed by atoms with Gasteiger partial charge in [-0.1, -0.05) is 29.3 Å². The van der Waals surface area contributed by atoms with Crippen LogP contribution >= 0.6 is 34.5 Å². The maximum absolute atomic E-state index is 12.2. The van der Waals surface area contributed by atoms with Gasteiger partial charge in [-0.3, -0.25) is 4.72 Å². The molecule has 0 aliphatic carbocycles. The molecule has 0 atom stereocenters. The molecule has 0 saturated carbocycles. The minimum atomic E-state index is -4.07. The van der Waals surface area contributed by atoms with E-state index in [9.17, 15) is 13.2 Å². The maximum Gasteiger partial charge on any atom is 0.348 e. The third-order valence-electron chi connectivity index (χ3n) is 2.29. The van der Waals surface area contributed by atoms with Crippen LogP contribution in [0.3, 0.4) is 0 Å². The highest BCUT2D eigenvalue weighted by Crippen LogP contribution is 2.32. The molecule has 0 amide bonds. The monoisotopic (exact) mass is 351 g/mol. The Bertz CT molecular complexity index is 750. The first kappa shape index (κ1) is 15.1. The average molecular weight is 352 g/mol. The highest BCUT2D eigenvalue weighted by molar-refractivity contribution is 7.93. The number of rotatable bonds is 4. The van der Waals surface area contributed by atoms with E-state index in [-0.39, 0.29) is 25.5 Å². The fraction of sp³-hybridized carbons (Fsp3) is 0. The Morgan fingerprint density at radius 2 is 1.80 bits per heavy atom. The molecule has 106 valence electrons. The van der Waals surface area contributed by atoms with Crippen molar-refractivity contribution in [2.75, 3.05) is 4.72 Å². The van der Waals surface area contributed by atoms with Crippen molar-refractivity contribution in [3.8, 4) is 0 Å². The second kappa shape index (κ2) is 5.61. The lowest BCUT2D eigenvalue weighted by atomic mass is 10.4. The zero-order chi connectivity index (χ0) is 14.9. The number of carboxylic acids is 1. The summed E-state index contributed by atoms with van der Waals surface area (Å²) in [5.74, 6) is -1.22. The number of carboxylic acid groups (broad SMARTS) is 1. The number of hydrogen-bond acceptors (Lipinski definition) is 4. The van der Waals surface area contributed by atoms with E-state index in [1.165, 1.54) is 29.6 Å². The molecular formula is C11H7Cl2NO4S2. The zero-order valence-corrected chi connectivity index (χ0v) is 12.8. The Kier molecular flexibility index (Phi) is 4.24. The molecule has 1 aromatic carbocycles. The Balaban J connectivity index is 2.47. The summed E-state index contributed by atoms with van der Waals surface area (Å²) in [7, 11) is -4.07. The van der Waals surface area contributed by atoms with Crippen LogP contribution in [0.5, 0.6) is 0 Å². The lowest BCUT2D eigenvalue weighted by Gasteiger charge is -2.10. The summed E-state index contributed by atoms with van der Waals surface area (Å²) in [5.41, 5.74) is -0.0292. The average Bonchev–Trinajstić information content (AvgIpc) is 2.75. The number of thiophene rings is 1. The summed E-state index contributed by atoms with van der Waals surface area (Å²) < 4.78 is 26.7. The molecule has 2 N–H and O–H groups in total. The lowest BCUT2D eigenvalue weighted by molar-refractivity contribution is 0.0703. The maximum atomic E-state index is 12.2. The van der Waals surface area contributed by atoms with Crippen molar-refractivity contribution in [1.29, 1.82) is 0 Å². The molecule has 5 nitrogen and oxygen atoms in total. The minimum absolute atomic E-state index is 0.0292. The Morgan fingerprint density at radius 3 is 2.35 bits per heavy atom. The minimum Gasteiger partial charge on any atom is -0.477 e. The van der Waals surface area contributed by atoms with Gasteiger partial charge in [-0.05, 0) is 23.6 Å². The van der Waals surface area contributed by atoms with E-state index in [1.807, 2.05) is 0 Å². The van der Waals surface area contributed by atoms with Gasteiger partial charge in [0.2, 0.25) is 0 Å². The van der Waals surface area contributed by atoms with Crippen molar-refractivity contribution in [3.05, 3.63) is 44.6 Å². The summed E-state index contributed by atoms with van der Waals surface area (Å²) in [4.78, 5) is 10.6. The smallest absolute Gasteiger partial charge is 0.348 e. The van der Waals surface area contributed by atoms with Gasteiger partial charge in [0.15, 0.2) is 0 Å². The molecular weight excluding hydrogens is 345 g/mol. The van der Waals surface area contributed by atoms with Crippen molar-refractivity contribution in [2.45, 2.75) is 4.90 Å². The van der Waals surface area contributed by atoms with Crippen molar-refractivity contribution in [2.24, 2.45) is 0 Å². The third kappa shape index (κ3) is 2.90. The normalized spacial score (nSPS) is 11.3. The number of carbonyl (C=O) groups is 1. The Hall–Kier alpha value is -1.28. The summed E-state index contributed by atoms with van der Waals surface area (Å²) >= 11 is 12.6. The second-order valence-electron chi connectivity index (χ2n) is 3.62. The predicted octanol–water partition coefficient (Wildman–Crippen LogP) is 3.55. The van der Waals surface area contributed by atoms with Crippen LogP contribution in [0.15, 0.2) is 34.5 Å². The number of halogens is 2. The first-order valence-corrected chi connectivity index (χ1v) is 8.22. The molecule has 2 rings (SSSR count). The molecule has 0 aliphatic heterocycles. The topological polar surface area (TPSA) is 83.5 Å². The molecule has 1 aromatic heterocycles. The fourth-order valence-corrected chi connectivity index (χ4v) is 4.46. The molecule has 0 saturated heterocycles. The molecule has 0 radical (unpaired) electrons. The van der Waals surface area contributed by atoms with Gasteiger partial charge in [-0.15, -0.1) is 11.3 Å². The molecule has 0 bridgehead atoms. The van der Waals surface area contributed by atoms with Crippen LogP contribution in [-0.4, -0.2) is 19.5 Å². The lowest BCUT2D eigenvalue weighted by Crippen LogP contribution is -2.15. The Labute approximate surface area is 128 Å². The molecule has 9 heteroatoms. The highest BCUT2D eigenvalue weighted by Gasteiger charge is 2.24. The number of benzene rings is 1. The highest BCUT2D eigenvalue weighted by atomic mass is 35.5. The molecule has 0 unspecified atom stereocenters. The summed E-state index contributed by atoms with van der Waals surface area (Å²) in [6.07, 6.45) is 0. The first-order valence-electron chi connectivity index (χ1n) is 5.10. The van der Waals surface area contributed by atoms with Crippen molar-refractivity contribution in [3.63, 3.8) is 0 Å². The molecule has 0 fully saturated rings. The van der Waals surface area contributed by atoms with Crippen LogP contribution in [0.1, 0.15) is 9.67 Å². The molecule has 0 spiro atoms. The van der Waals surface area contributed by atoms with Crippen LogP contribution in [0, 0.1) is 0 Å². The molecule has 1 heterocycles. The van der Waals surface area contributed by atoms with E-state index in [0.717, 1.165) is 11.3 Å². The van der Waals surface area contributed by atoms with E-state index in [0.29, 0.717) is 0 Å². The SMILES string of the molecule is O=C(O)c1sccc1NS(=O)(=O)c1c(Cl)cccc1Cl. The van der Waals surface area contributed by atoms with E-state index in [1.54, 1.807) is 0 Å². The standard InChI is InChI=1S/C11H7Cl2NO4S2/c12-6-2-1-3-7(13)10(6)20(17,18)14-8-4-5-19-9(8)11(15)16/h1-5,14H,(H,15,16).